The molecule has 0 aliphatic carbocycles. The van der Waals surface area contributed by atoms with E-state index in [4.69, 9.17) is 0 Å². The molecular formula is C12H8AgN2. The normalized spacial score (nSPS) is 10.1. The van der Waals surface area contributed by atoms with E-state index in [0.717, 1.165) is 21.8 Å². The molecule has 0 saturated heterocycles. The van der Waals surface area contributed by atoms with Crippen LogP contribution >= 0.6 is 0 Å². The molecule has 3 heteroatoms. The van der Waals surface area contributed by atoms with Crippen molar-refractivity contribution in [1.82, 2.24) is 9.97 Å². The van der Waals surface area contributed by atoms with Crippen molar-refractivity contribution in [2.75, 3.05) is 0 Å². The van der Waals surface area contributed by atoms with Gasteiger partial charge in [0.25, 0.3) is 0 Å². The third-order valence-electron chi connectivity index (χ3n) is 2.35. The Labute approximate surface area is 103 Å². The average Bonchev–Trinajstić information content (AvgIpc) is 2.29. The summed E-state index contributed by atoms with van der Waals surface area (Å²) < 4.78 is 0. The molecule has 1 radical (unpaired) electrons. The molecule has 3 rings (SSSR count). The molecule has 0 saturated carbocycles. The van der Waals surface area contributed by atoms with Gasteiger partial charge in [0.15, 0.2) is 0 Å². The Hall–Kier alpha value is -1.22. The molecule has 0 N–H and O–H groups in total. The summed E-state index contributed by atoms with van der Waals surface area (Å²) in [5.74, 6) is 0. The standard InChI is InChI=1S/C12H8N2.Ag/c1-3-9-5-6-11-10(4-2-7-13-11)12(9)14-8-1;/h1-8H;. The molecule has 0 spiro atoms. The summed E-state index contributed by atoms with van der Waals surface area (Å²) in [5.41, 5.74) is 2.02. The van der Waals surface area contributed by atoms with Crippen LogP contribution in [0.5, 0.6) is 0 Å². The van der Waals surface area contributed by atoms with Crippen LogP contribution in [-0.2, 0) is 22.4 Å². The first-order chi connectivity index (χ1) is 6.95. The minimum atomic E-state index is 0. The molecule has 0 amide bonds. The van der Waals surface area contributed by atoms with Crippen molar-refractivity contribution < 1.29 is 22.4 Å². The third kappa shape index (κ3) is 1.67. The predicted molar refractivity (Wildman–Crippen MR) is 57.0 cm³/mol. The molecule has 0 aliphatic heterocycles. The van der Waals surface area contributed by atoms with Gasteiger partial charge in [-0.25, -0.2) is 0 Å². The molecule has 0 atom stereocenters. The Morgan fingerprint density at radius 2 is 1.60 bits per heavy atom. The Morgan fingerprint density at radius 1 is 0.800 bits per heavy atom. The van der Waals surface area contributed by atoms with E-state index in [2.05, 4.69) is 28.2 Å². The van der Waals surface area contributed by atoms with Gasteiger partial charge in [-0.2, -0.15) is 0 Å². The second-order valence-corrected chi connectivity index (χ2v) is 3.21. The summed E-state index contributed by atoms with van der Waals surface area (Å²) >= 11 is 0. The summed E-state index contributed by atoms with van der Waals surface area (Å²) in [7, 11) is 0. The van der Waals surface area contributed by atoms with E-state index in [1.165, 1.54) is 0 Å². The smallest absolute Gasteiger partial charge is 0.0795 e. The Bertz CT molecular complexity index is 553. The van der Waals surface area contributed by atoms with E-state index in [1.54, 1.807) is 6.20 Å². The van der Waals surface area contributed by atoms with Crippen LogP contribution in [0.4, 0.5) is 0 Å². The monoisotopic (exact) mass is 287 g/mol. The zero-order valence-electron chi connectivity index (χ0n) is 7.81. The largest absolute Gasteiger partial charge is 0.256 e. The van der Waals surface area contributed by atoms with Crippen molar-refractivity contribution in [3.05, 3.63) is 48.8 Å². The zero-order valence-corrected chi connectivity index (χ0v) is 9.30. The fraction of sp³-hybridized carbons (Fsp3) is 0. The molecule has 0 bridgehead atoms. The van der Waals surface area contributed by atoms with E-state index in [-0.39, 0.29) is 22.4 Å². The van der Waals surface area contributed by atoms with Gasteiger partial charge in [-0.05, 0) is 24.3 Å². The van der Waals surface area contributed by atoms with Gasteiger partial charge in [0.05, 0.1) is 11.0 Å². The summed E-state index contributed by atoms with van der Waals surface area (Å²) in [6.07, 6.45) is 3.62. The number of aromatic nitrogens is 2. The minimum Gasteiger partial charge on any atom is -0.256 e. The number of nitrogens with zero attached hydrogens (tertiary/aromatic N) is 2. The van der Waals surface area contributed by atoms with Crippen LogP contribution in [0.1, 0.15) is 0 Å². The molecule has 77 valence electrons. The fourth-order valence-corrected chi connectivity index (χ4v) is 1.70. The van der Waals surface area contributed by atoms with Crippen molar-refractivity contribution in [3.63, 3.8) is 0 Å². The van der Waals surface area contributed by atoms with Gasteiger partial charge in [0, 0.05) is 45.5 Å². The second kappa shape index (κ2) is 4.11. The van der Waals surface area contributed by atoms with Gasteiger partial charge >= 0.3 is 0 Å². The van der Waals surface area contributed by atoms with Gasteiger partial charge in [0.2, 0.25) is 0 Å². The topological polar surface area (TPSA) is 25.8 Å². The van der Waals surface area contributed by atoms with Crippen LogP contribution in [-0.4, -0.2) is 9.97 Å². The third-order valence-corrected chi connectivity index (χ3v) is 2.35. The summed E-state index contributed by atoms with van der Waals surface area (Å²) in [6, 6.07) is 12.1. The van der Waals surface area contributed by atoms with E-state index in [1.807, 2.05) is 24.4 Å². The van der Waals surface area contributed by atoms with Crippen LogP contribution in [0.2, 0.25) is 0 Å². The number of hydrogen-bond donors (Lipinski definition) is 0. The van der Waals surface area contributed by atoms with E-state index >= 15 is 0 Å². The molecule has 2 nitrogen and oxygen atoms in total. The number of benzene rings is 1. The predicted octanol–water partition coefficient (Wildman–Crippen LogP) is 2.78. The first-order valence-corrected chi connectivity index (χ1v) is 4.53. The summed E-state index contributed by atoms with van der Waals surface area (Å²) in [6.45, 7) is 0. The Kier molecular flexibility index (Phi) is 2.82. The quantitative estimate of drug-likeness (QED) is 0.469. The van der Waals surface area contributed by atoms with Crippen molar-refractivity contribution in [2.45, 2.75) is 0 Å². The van der Waals surface area contributed by atoms with Crippen LogP contribution in [0.3, 0.4) is 0 Å². The molecule has 2 aromatic heterocycles. The second-order valence-electron chi connectivity index (χ2n) is 3.21. The maximum absolute atomic E-state index is 4.37. The number of fused-ring (bicyclic) bond motifs is 3. The molecule has 0 unspecified atom stereocenters. The maximum Gasteiger partial charge on any atom is 0.0795 e. The van der Waals surface area contributed by atoms with Crippen molar-refractivity contribution >= 4 is 21.8 Å². The summed E-state index contributed by atoms with van der Waals surface area (Å²) in [5, 5.41) is 2.28. The molecule has 3 aromatic rings. The minimum absolute atomic E-state index is 0. The van der Waals surface area contributed by atoms with E-state index in [0.29, 0.717) is 0 Å². The van der Waals surface area contributed by atoms with Crippen molar-refractivity contribution in [2.24, 2.45) is 0 Å². The van der Waals surface area contributed by atoms with E-state index < -0.39 is 0 Å². The Balaban J connectivity index is 0.000000853. The maximum atomic E-state index is 4.37. The first-order valence-electron chi connectivity index (χ1n) is 4.53. The van der Waals surface area contributed by atoms with Gasteiger partial charge in [-0.15, -0.1) is 0 Å². The van der Waals surface area contributed by atoms with Gasteiger partial charge in [0.1, 0.15) is 0 Å². The van der Waals surface area contributed by atoms with Crippen LogP contribution in [0.25, 0.3) is 21.8 Å². The van der Waals surface area contributed by atoms with Crippen LogP contribution < -0.4 is 0 Å². The van der Waals surface area contributed by atoms with Gasteiger partial charge < -0.3 is 0 Å². The number of rotatable bonds is 0. The van der Waals surface area contributed by atoms with Gasteiger partial charge in [-0.3, -0.25) is 9.97 Å². The average molecular weight is 288 g/mol. The molecule has 0 aliphatic rings. The molecule has 2 heterocycles. The van der Waals surface area contributed by atoms with Gasteiger partial charge in [-0.1, -0.05) is 12.1 Å². The molecular weight excluding hydrogens is 280 g/mol. The van der Waals surface area contributed by atoms with E-state index in [9.17, 15) is 0 Å². The zero-order chi connectivity index (χ0) is 9.38. The number of hydrogen-bond acceptors (Lipinski definition) is 2. The molecule has 0 fully saturated rings. The molecule has 15 heavy (non-hydrogen) atoms. The van der Waals surface area contributed by atoms with Crippen LogP contribution in [0.15, 0.2) is 48.8 Å². The summed E-state index contributed by atoms with van der Waals surface area (Å²) in [4.78, 5) is 8.66. The van der Waals surface area contributed by atoms with Crippen LogP contribution in [0, 0.1) is 0 Å². The van der Waals surface area contributed by atoms with Crippen molar-refractivity contribution in [1.29, 1.82) is 0 Å². The first kappa shape index (κ1) is 10.3. The number of pyridine rings is 2. The molecule has 1 aromatic carbocycles. The Morgan fingerprint density at radius 3 is 2.53 bits per heavy atom. The fourth-order valence-electron chi connectivity index (χ4n) is 1.70. The van der Waals surface area contributed by atoms with Crippen molar-refractivity contribution in [3.8, 4) is 0 Å². The SMILES string of the molecule is [Ag].c1cnc2c(c1)ccc1ncccc12.